The Balaban J connectivity index is 2.21. The van der Waals surface area contributed by atoms with Crippen molar-refractivity contribution in [2.24, 2.45) is 5.92 Å². The highest BCUT2D eigenvalue weighted by Gasteiger charge is 2.37. The van der Waals surface area contributed by atoms with Gasteiger partial charge in [0, 0.05) is 11.6 Å². The molecule has 0 spiro atoms. The van der Waals surface area contributed by atoms with Gasteiger partial charge in [-0.15, -0.1) is 0 Å². The van der Waals surface area contributed by atoms with E-state index in [4.69, 9.17) is 0 Å². The van der Waals surface area contributed by atoms with Crippen molar-refractivity contribution >= 4 is 5.91 Å². The Morgan fingerprint density at radius 2 is 2.00 bits per heavy atom. The van der Waals surface area contributed by atoms with Gasteiger partial charge in [0.15, 0.2) is 0 Å². The van der Waals surface area contributed by atoms with E-state index in [9.17, 15) is 4.79 Å². The van der Waals surface area contributed by atoms with Crippen molar-refractivity contribution in [3.63, 3.8) is 0 Å². The normalized spacial score (nSPS) is 17.2. The zero-order valence-corrected chi connectivity index (χ0v) is 9.68. The Hall–Kier alpha value is -0.570. The maximum Gasteiger partial charge on any atom is 0.234 e. The second-order valence-corrected chi connectivity index (χ2v) is 5.07. The Kier molecular flexibility index (Phi) is 3.53. The first-order valence-electron chi connectivity index (χ1n) is 5.46. The first kappa shape index (κ1) is 11.5. The molecule has 0 heterocycles. The van der Waals surface area contributed by atoms with E-state index in [0.29, 0.717) is 6.54 Å². The van der Waals surface area contributed by atoms with Gasteiger partial charge in [-0.2, -0.15) is 0 Å². The Morgan fingerprint density at radius 1 is 1.43 bits per heavy atom. The lowest BCUT2D eigenvalue weighted by Crippen LogP contribution is -2.47. The molecule has 1 rings (SSSR count). The van der Waals surface area contributed by atoms with Gasteiger partial charge < -0.3 is 10.6 Å². The van der Waals surface area contributed by atoms with E-state index in [0.717, 1.165) is 5.92 Å². The molecule has 0 radical (unpaired) electrons. The molecule has 0 bridgehead atoms. The van der Waals surface area contributed by atoms with Gasteiger partial charge in [0.05, 0.1) is 6.54 Å². The summed E-state index contributed by atoms with van der Waals surface area (Å²) in [5.74, 6) is 0.850. The van der Waals surface area contributed by atoms with E-state index in [1.165, 1.54) is 12.8 Å². The zero-order valence-electron chi connectivity index (χ0n) is 9.68. The molecule has 1 amide bonds. The number of carbonyl (C=O) groups excluding carboxylic acids is 1. The van der Waals surface area contributed by atoms with Crippen LogP contribution in [0.2, 0.25) is 0 Å². The standard InChI is InChI=1S/C11H22N2O/c1-8(2)13-10(14)7-12-11(3,4)9-5-6-9/h8-9,12H,5-7H2,1-4H3,(H,13,14). The summed E-state index contributed by atoms with van der Waals surface area (Å²) in [6.45, 7) is 8.73. The topological polar surface area (TPSA) is 41.1 Å². The van der Waals surface area contributed by atoms with Gasteiger partial charge in [-0.3, -0.25) is 4.79 Å². The molecule has 2 N–H and O–H groups in total. The average molecular weight is 198 g/mol. The van der Waals surface area contributed by atoms with Gasteiger partial charge in [0.25, 0.3) is 0 Å². The third-order valence-electron chi connectivity index (χ3n) is 2.75. The monoisotopic (exact) mass is 198 g/mol. The van der Waals surface area contributed by atoms with Crippen LogP contribution in [-0.2, 0) is 4.79 Å². The summed E-state index contributed by atoms with van der Waals surface area (Å²) in [6.07, 6.45) is 2.59. The summed E-state index contributed by atoms with van der Waals surface area (Å²) in [6, 6.07) is 0.230. The van der Waals surface area contributed by atoms with Gasteiger partial charge in [-0.1, -0.05) is 0 Å². The van der Waals surface area contributed by atoms with Crippen LogP contribution in [0.1, 0.15) is 40.5 Å². The summed E-state index contributed by atoms with van der Waals surface area (Å²) in [7, 11) is 0. The molecule has 0 aliphatic heterocycles. The molecule has 3 nitrogen and oxygen atoms in total. The number of amides is 1. The van der Waals surface area contributed by atoms with E-state index in [1.807, 2.05) is 13.8 Å². The van der Waals surface area contributed by atoms with Crippen molar-refractivity contribution < 1.29 is 4.79 Å². The summed E-state index contributed by atoms with van der Waals surface area (Å²) in [5.41, 5.74) is 0.119. The first-order valence-corrected chi connectivity index (χ1v) is 5.46. The van der Waals surface area contributed by atoms with Gasteiger partial charge >= 0.3 is 0 Å². The van der Waals surface area contributed by atoms with E-state index in [-0.39, 0.29) is 17.5 Å². The molecule has 0 aromatic rings. The molecule has 82 valence electrons. The largest absolute Gasteiger partial charge is 0.353 e. The van der Waals surface area contributed by atoms with Crippen LogP contribution in [0.4, 0.5) is 0 Å². The van der Waals surface area contributed by atoms with Crippen LogP contribution in [0.25, 0.3) is 0 Å². The Labute approximate surface area is 86.6 Å². The highest BCUT2D eigenvalue weighted by Crippen LogP contribution is 2.38. The Morgan fingerprint density at radius 3 is 2.43 bits per heavy atom. The average Bonchev–Trinajstić information content (AvgIpc) is 2.81. The minimum absolute atomic E-state index is 0.0914. The predicted molar refractivity (Wildman–Crippen MR) is 58.1 cm³/mol. The minimum Gasteiger partial charge on any atom is -0.353 e. The second-order valence-electron chi connectivity index (χ2n) is 5.07. The number of nitrogens with one attached hydrogen (secondary N) is 2. The SMILES string of the molecule is CC(C)NC(=O)CNC(C)(C)C1CC1. The lowest BCUT2D eigenvalue weighted by Gasteiger charge is -2.26. The van der Waals surface area contributed by atoms with Gasteiger partial charge in [0.2, 0.25) is 5.91 Å². The van der Waals surface area contributed by atoms with Crippen LogP contribution in [0.5, 0.6) is 0 Å². The van der Waals surface area contributed by atoms with Crippen molar-refractivity contribution in [1.82, 2.24) is 10.6 Å². The fourth-order valence-electron chi connectivity index (χ4n) is 1.63. The number of rotatable bonds is 5. The van der Waals surface area contributed by atoms with Gasteiger partial charge in [-0.05, 0) is 46.5 Å². The first-order chi connectivity index (χ1) is 6.42. The summed E-state index contributed by atoms with van der Waals surface area (Å²) in [4.78, 5) is 11.4. The van der Waals surface area contributed by atoms with Crippen LogP contribution >= 0.6 is 0 Å². The van der Waals surface area contributed by atoms with E-state index >= 15 is 0 Å². The summed E-state index contributed by atoms with van der Waals surface area (Å²) in [5, 5.41) is 6.19. The van der Waals surface area contributed by atoms with Crippen LogP contribution in [0.15, 0.2) is 0 Å². The molecule has 0 unspecified atom stereocenters. The quantitative estimate of drug-likeness (QED) is 0.699. The lowest BCUT2D eigenvalue weighted by molar-refractivity contribution is -0.121. The van der Waals surface area contributed by atoms with Crippen molar-refractivity contribution in [3.05, 3.63) is 0 Å². The molecule has 3 heteroatoms. The van der Waals surface area contributed by atoms with E-state index in [2.05, 4.69) is 24.5 Å². The highest BCUT2D eigenvalue weighted by molar-refractivity contribution is 5.78. The second kappa shape index (κ2) is 4.30. The van der Waals surface area contributed by atoms with E-state index in [1.54, 1.807) is 0 Å². The molecule has 0 aromatic heterocycles. The number of hydrogen-bond donors (Lipinski definition) is 2. The molecule has 1 aliphatic rings. The van der Waals surface area contributed by atoms with E-state index < -0.39 is 0 Å². The molecule has 14 heavy (non-hydrogen) atoms. The van der Waals surface area contributed by atoms with Crippen molar-refractivity contribution in [2.75, 3.05) is 6.54 Å². The molecular weight excluding hydrogens is 176 g/mol. The fourth-order valence-corrected chi connectivity index (χ4v) is 1.63. The van der Waals surface area contributed by atoms with Crippen LogP contribution < -0.4 is 10.6 Å². The minimum atomic E-state index is 0.0914. The molecule has 0 aromatic carbocycles. The van der Waals surface area contributed by atoms with Gasteiger partial charge in [0.1, 0.15) is 0 Å². The smallest absolute Gasteiger partial charge is 0.234 e. The lowest BCUT2D eigenvalue weighted by atomic mass is 9.99. The third-order valence-corrected chi connectivity index (χ3v) is 2.75. The molecular formula is C11H22N2O. The van der Waals surface area contributed by atoms with Crippen LogP contribution in [-0.4, -0.2) is 24.0 Å². The molecule has 0 atom stereocenters. The summed E-state index contributed by atoms with van der Waals surface area (Å²) < 4.78 is 0. The predicted octanol–water partition coefficient (Wildman–Crippen LogP) is 1.29. The molecule has 0 saturated heterocycles. The highest BCUT2D eigenvalue weighted by atomic mass is 16.1. The number of hydrogen-bond acceptors (Lipinski definition) is 2. The van der Waals surface area contributed by atoms with Crippen molar-refractivity contribution in [1.29, 1.82) is 0 Å². The maximum atomic E-state index is 11.4. The van der Waals surface area contributed by atoms with Crippen LogP contribution in [0, 0.1) is 5.92 Å². The molecule has 1 fully saturated rings. The van der Waals surface area contributed by atoms with Crippen molar-refractivity contribution in [2.45, 2.75) is 52.1 Å². The maximum absolute atomic E-state index is 11.4. The van der Waals surface area contributed by atoms with Gasteiger partial charge in [-0.25, -0.2) is 0 Å². The molecule has 1 saturated carbocycles. The number of carbonyl (C=O) groups is 1. The molecule has 1 aliphatic carbocycles. The third kappa shape index (κ3) is 3.66. The van der Waals surface area contributed by atoms with Crippen LogP contribution in [0.3, 0.4) is 0 Å². The summed E-state index contributed by atoms with van der Waals surface area (Å²) >= 11 is 0. The Bertz CT molecular complexity index is 207. The fraction of sp³-hybridized carbons (Fsp3) is 0.909. The van der Waals surface area contributed by atoms with Crippen molar-refractivity contribution in [3.8, 4) is 0 Å². The zero-order chi connectivity index (χ0) is 10.8.